The van der Waals surface area contributed by atoms with Gasteiger partial charge in [0.25, 0.3) is 0 Å². The van der Waals surface area contributed by atoms with Crippen molar-refractivity contribution in [1.82, 2.24) is 5.32 Å². The first-order valence-corrected chi connectivity index (χ1v) is 7.76. The molecular formula is C18H19ClFN. The molecule has 1 aliphatic heterocycles. The summed E-state index contributed by atoms with van der Waals surface area (Å²) in [5, 5.41) is 4.18. The topological polar surface area (TPSA) is 12.0 Å². The first-order valence-electron chi connectivity index (χ1n) is 7.38. The highest BCUT2D eigenvalue weighted by Gasteiger charge is 2.29. The Balaban J connectivity index is 1.98. The van der Waals surface area contributed by atoms with E-state index >= 15 is 0 Å². The highest BCUT2D eigenvalue weighted by atomic mass is 35.5. The molecule has 0 aliphatic carbocycles. The van der Waals surface area contributed by atoms with Gasteiger partial charge in [-0.3, -0.25) is 0 Å². The molecule has 1 fully saturated rings. The fourth-order valence-electron chi connectivity index (χ4n) is 3.20. The molecule has 0 spiro atoms. The van der Waals surface area contributed by atoms with Crippen LogP contribution in [-0.4, -0.2) is 13.1 Å². The van der Waals surface area contributed by atoms with Crippen molar-refractivity contribution in [2.24, 2.45) is 0 Å². The lowest BCUT2D eigenvalue weighted by Crippen LogP contribution is -2.34. The third-order valence-corrected chi connectivity index (χ3v) is 4.82. The number of hydrogen-bond acceptors (Lipinski definition) is 1. The lowest BCUT2D eigenvalue weighted by Gasteiger charge is -2.33. The zero-order chi connectivity index (χ0) is 14.8. The number of piperidine rings is 1. The summed E-state index contributed by atoms with van der Waals surface area (Å²) >= 11 is 6.27. The molecule has 0 saturated carbocycles. The lowest BCUT2D eigenvalue weighted by molar-refractivity contribution is 0.393. The van der Waals surface area contributed by atoms with E-state index in [0.717, 1.165) is 35.7 Å². The Hall–Kier alpha value is -1.38. The third kappa shape index (κ3) is 2.97. The SMILES string of the molecule is Cc1ccc(C2CCNCC2c2ccccc2F)cc1Cl. The number of halogens is 2. The van der Waals surface area contributed by atoms with Gasteiger partial charge in [0.15, 0.2) is 0 Å². The summed E-state index contributed by atoms with van der Waals surface area (Å²) in [6, 6.07) is 13.3. The van der Waals surface area contributed by atoms with Crippen LogP contribution in [0.25, 0.3) is 0 Å². The molecule has 3 heteroatoms. The Morgan fingerprint density at radius 3 is 2.71 bits per heavy atom. The van der Waals surface area contributed by atoms with Crippen LogP contribution in [0.15, 0.2) is 42.5 Å². The monoisotopic (exact) mass is 303 g/mol. The summed E-state index contributed by atoms with van der Waals surface area (Å²) < 4.78 is 14.2. The minimum absolute atomic E-state index is 0.116. The van der Waals surface area contributed by atoms with E-state index < -0.39 is 0 Å². The predicted molar refractivity (Wildman–Crippen MR) is 85.6 cm³/mol. The molecule has 0 aromatic heterocycles. The number of aryl methyl sites for hydroxylation is 1. The molecule has 1 aliphatic rings. The van der Waals surface area contributed by atoms with Gasteiger partial charge in [0.05, 0.1) is 0 Å². The molecule has 1 heterocycles. The van der Waals surface area contributed by atoms with Crippen molar-refractivity contribution in [3.63, 3.8) is 0 Å². The van der Waals surface area contributed by atoms with E-state index in [9.17, 15) is 4.39 Å². The van der Waals surface area contributed by atoms with Gasteiger partial charge < -0.3 is 5.32 Å². The summed E-state index contributed by atoms with van der Waals surface area (Å²) in [6.45, 7) is 3.76. The zero-order valence-corrected chi connectivity index (χ0v) is 12.8. The van der Waals surface area contributed by atoms with Gasteiger partial charge in [-0.1, -0.05) is 41.9 Å². The average molecular weight is 304 g/mol. The number of rotatable bonds is 2. The largest absolute Gasteiger partial charge is 0.316 e. The fourth-order valence-corrected chi connectivity index (χ4v) is 3.39. The first-order chi connectivity index (χ1) is 10.2. The Labute approximate surface area is 130 Å². The minimum Gasteiger partial charge on any atom is -0.316 e. The van der Waals surface area contributed by atoms with Gasteiger partial charge >= 0.3 is 0 Å². The molecule has 2 aromatic rings. The van der Waals surface area contributed by atoms with Gasteiger partial charge in [-0.2, -0.15) is 0 Å². The van der Waals surface area contributed by atoms with Crippen molar-refractivity contribution in [2.45, 2.75) is 25.2 Å². The van der Waals surface area contributed by atoms with E-state index in [1.165, 1.54) is 5.56 Å². The second-order valence-corrected chi connectivity index (χ2v) is 6.14. The van der Waals surface area contributed by atoms with Gasteiger partial charge in [-0.15, -0.1) is 0 Å². The van der Waals surface area contributed by atoms with Crippen molar-refractivity contribution in [1.29, 1.82) is 0 Å². The zero-order valence-electron chi connectivity index (χ0n) is 12.1. The normalized spacial score (nSPS) is 22.2. The number of nitrogens with one attached hydrogen (secondary N) is 1. The minimum atomic E-state index is -0.116. The van der Waals surface area contributed by atoms with Crippen molar-refractivity contribution in [3.05, 3.63) is 70.0 Å². The van der Waals surface area contributed by atoms with Crippen molar-refractivity contribution < 1.29 is 4.39 Å². The van der Waals surface area contributed by atoms with Gasteiger partial charge in [0, 0.05) is 17.5 Å². The van der Waals surface area contributed by atoms with E-state index in [1.54, 1.807) is 12.1 Å². The van der Waals surface area contributed by atoms with E-state index in [1.807, 2.05) is 25.1 Å². The first kappa shape index (κ1) is 14.6. The van der Waals surface area contributed by atoms with Crippen LogP contribution in [0, 0.1) is 12.7 Å². The highest BCUT2D eigenvalue weighted by Crippen LogP contribution is 2.39. The molecule has 2 aromatic carbocycles. The summed E-state index contributed by atoms with van der Waals surface area (Å²) in [6.07, 6.45) is 0.998. The van der Waals surface area contributed by atoms with Crippen LogP contribution in [-0.2, 0) is 0 Å². The summed E-state index contributed by atoms with van der Waals surface area (Å²) in [5.74, 6) is 0.342. The quantitative estimate of drug-likeness (QED) is 0.851. The van der Waals surface area contributed by atoms with Gasteiger partial charge in [-0.25, -0.2) is 4.39 Å². The van der Waals surface area contributed by atoms with E-state index in [-0.39, 0.29) is 11.7 Å². The maximum Gasteiger partial charge on any atom is 0.126 e. The smallest absolute Gasteiger partial charge is 0.126 e. The molecule has 110 valence electrons. The molecule has 1 nitrogen and oxygen atoms in total. The van der Waals surface area contributed by atoms with E-state index in [2.05, 4.69) is 17.4 Å². The second-order valence-electron chi connectivity index (χ2n) is 5.74. The number of hydrogen-bond donors (Lipinski definition) is 1. The predicted octanol–water partition coefficient (Wildman–Crippen LogP) is 4.65. The van der Waals surface area contributed by atoms with Crippen LogP contribution in [0.2, 0.25) is 5.02 Å². The molecule has 1 saturated heterocycles. The second kappa shape index (κ2) is 6.17. The van der Waals surface area contributed by atoms with Gasteiger partial charge in [-0.05, 0) is 54.6 Å². The van der Waals surface area contributed by atoms with Crippen LogP contribution >= 0.6 is 11.6 Å². The lowest BCUT2D eigenvalue weighted by atomic mass is 9.77. The molecule has 0 amide bonds. The Morgan fingerprint density at radius 1 is 1.14 bits per heavy atom. The Kier molecular flexibility index (Phi) is 4.27. The van der Waals surface area contributed by atoms with E-state index in [4.69, 9.17) is 11.6 Å². The molecule has 0 bridgehead atoms. The maximum atomic E-state index is 14.2. The molecule has 1 N–H and O–H groups in total. The summed E-state index contributed by atoms with van der Waals surface area (Å²) in [5.41, 5.74) is 3.09. The van der Waals surface area contributed by atoms with Crippen LogP contribution in [0.1, 0.15) is 34.9 Å². The van der Waals surface area contributed by atoms with Crippen LogP contribution in [0.3, 0.4) is 0 Å². The van der Waals surface area contributed by atoms with E-state index in [0.29, 0.717) is 5.92 Å². The molecular weight excluding hydrogens is 285 g/mol. The van der Waals surface area contributed by atoms with Crippen molar-refractivity contribution in [2.75, 3.05) is 13.1 Å². The number of benzene rings is 2. The van der Waals surface area contributed by atoms with Gasteiger partial charge in [0.1, 0.15) is 5.82 Å². The van der Waals surface area contributed by atoms with Crippen molar-refractivity contribution in [3.8, 4) is 0 Å². The van der Waals surface area contributed by atoms with Crippen LogP contribution in [0.4, 0.5) is 4.39 Å². The summed E-state index contributed by atoms with van der Waals surface area (Å²) in [7, 11) is 0. The van der Waals surface area contributed by atoms with Crippen LogP contribution < -0.4 is 5.32 Å². The standard InChI is InChI=1S/C18H19ClFN/c1-12-6-7-13(10-17(12)19)14-8-9-21-11-16(14)15-4-2-3-5-18(15)20/h2-7,10,14,16,21H,8-9,11H2,1H3. The average Bonchev–Trinajstić information content (AvgIpc) is 2.51. The van der Waals surface area contributed by atoms with Crippen molar-refractivity contribution >= 4 is 11.6 Å². The molecule has 2 atom stereocenters. The Morgan fingerprint density at radius 2 is 1.95 bits per heavy atom. The Bertz CT molecular complexity index is 641. The van der Waals surface area contributed by atoms with Crippen LogP contribution in [0.5, 0.6) is 0 Å². The maximum absolute atomic E-state index is 14.2. The third-order valence-electron chi connectivity index (χ3n) is 4.41. The fraction of sp³-hybridized carbons (Fsp3) is 0.333. The molecule has 2 unspecified atom stereocenters. The highest BCUT2D eigenvalue weighted by molar-refractivity contribution is 6.31. The van der Waals surface area contributed by atoms with Gasteiger partial charge in [0.2, 0.25) is 0 Å². The molecule has 0 radical (unpaired) electrons. The molecule has 21 heavy (non-hydrogen) atoms. The molecule has 3 rings (SSSR count). The summed E-state index contributed by atoms with van der Waals surface area (Å²) in [4.78, 5) is 0.